The van der Waals surface area contributed by atoms with Crippen molar-refractivity contribution in [2.75, 3.05) is 6.61 Å². The van der Waals surface area contributed by atoms with Gasteiger partial charge in [-0.1, -0.05) is 6.07 Å². The lowest BCUT2D eigenvalue weighted by atomic mass is 10.2. The lowest BCUT2D eigenvalue weighted by Gasteiger charge is -2.04. The van der Waals surface area contributed by atoms with Crippen LogP contribution in [0.1, 0.15) is 10.4 Å². The summed E-state index contributed by atoms with van der Waals surface area (Å²) in [5, 5.41) is 14.4. The van der Waals surface area contributed by atoms with Crippen molar-refractivity contribution in [1.82, 2.24) is 5.43 Å². The van der Waals surface area contributed by atoms with Gasteiger partial charge in [-0.3, -0.25) is 4.79 Å². The first-order chi connectivity index (χ1) is 9.78. The molecule has 20 heavy (non-hydrogen) atoms. The van der Waals surface area contributed by atoms with Crippen LogP contribution in [0.25, 0.3) is 0 Å². The van der Waals surface area contributed by atoms with Gasteiger partial charge >= 0.3 is 0 Å². The Bertz CT molecular complexity index is 627. The molecule has 0 unspecified atom stereocenters. The zero-order valence-electron chi connectivity index (χ0n) is 10.4. The van der Waals surface area contributed by atoms with E-state index in [2.05, 4.69) is 10.5 Å². The van der Waals surface area contributed by atoms with Gasteiger partial charge in [0.15, 0.2) is 6.61 Å². The third kappa shape index (κ3) is 4.23. The molecule has 2 aromatic rings. The third-order valence-corrected chi connectivity index (χ3v) is 3.08. The van der Waals surface area contributed by atoms with Gasteiger partial charge in [0.2, 0.25) is 0 Å². The van der Waals surface area contributed by atoms with E-state index in [1.54, 1.807) is 30.5 Å². The number of carbonyl (C=O) groups is 1. The average molecular weight is 285 g/mol. The van der Waals surface area contributed by atoms with Gasteiger partial charge in [0, 0.05) is 4.88 Å². The second-order valence-corrected chi connectivity index (χ2v) is 4.71. The van der Waals surface area contributed by atoms with Gasteiger partial charge in [-0.25, -0.2) is 5.43 Å². The molecule has 0 saturated carbocycles. The number of hydrogen-bond acceptors (Lipinski definition) is 5. The maximum atomic E-state index is 11.5. The first-order valence-electron chi connectivity index (χ1n) is 5.76. The van der Waals surface area contributed by atoms with E-state index >= 15 is 0 Å². The predicted octanol–water partition coefficient (Wildman–Crippen LogP) is 2.15. The first kappa shape index (κ1) is 13.8. The number of amides is 1. The molecular weight excluding hydrogens is 274 g/mol. The van der Waals surface area contributed by atoms with E-state index in [-0.39, 0.29) is 12.5 Å². The summed E-state index contributed by atoms with van der Waals surface area (Å²) in [6.45, 7) is -0.131. The summed E-state index contributed by atoms with van der Waals surface area (Å²) in [7, 11) is 0. The molecule has 1 amide bonds. The van der Waals surface area contributed by atoms with Crippen LogP contribution in [0.5, 0.6) is 5.75 Å². The van der Waals surface area contributed by atoms with Crippen LogP contribution in [-0.4, -0.2) is 18.7 Å². The lowest BCUT2D eigenvalue weighted by Crippen LogP contribution is -2.24. The summed E-state index contributed by atoms with van der Waals surface area (Å²) in [5.74, 6) is 0.184. The zero-order valence-corrected chi connectivity index (χ0v) is 11.3. The average Bonchev–Trinajstić information content (AvgIpc) is 2.99. The summed E-state index contributed by atoms with van der Waals surface area (Å²) in [4.78, 5) is 12.4. The van der Waals surface area contributed by atoms with Crippen LogP contribution in [0.2, 0.25) is 0 Å². The largest absolute Gasteiger partial charge is 0.484 e. The standard InChI is InChI=1S/C14H11N3O2S/c15-8-11-3-5-12(6-4-11)19-10-14(18)17-16-9-13-2-1-7-20-13/h1-7,9H,10H2,(H,17,18). The van der Waals surface area contributed by atoms with Gasteiger partial charge in [0.1, 0.15) is 5.75 Å². The Labute approximate surface area is 120 Å². The molecule has 1 aromatic carbocycles. The van der Waals surface area contributed by atoms with E-state index in [4.69, 9.17) is 10.00 Å². The van der Waals surface area contributed by atoms with E-state index in [1.165, 1.54) is 11.3 Å². The highest BCUT2D eigenvalue weighted by molar-refractivity contribution is 7.11. The van der Waals surface area contributed by atoms with Crippen LogP contribution in [0, 0.1) is 11.3 Å². The van der Waals surface area contributed by atoms with Crippen LogP contribution < -0.4 is 10.2 Å². The van der Waals surface area contributed by atoms with Gasteiger partial charge in [0.25, 0.3) is 5.91 Å². The van der Waals surface area contributed by atoms with Gasteiger partial charge < -0.3 is 4.74 Å². The maximum absolute atomic E-state index is 11.5. The maximum Gasteiger partial charge on any atom is 0.277 e. The SMILES string of the molecule is N#Cc1ccc(OCC(=O)NN=Cc2cccs2)cc1. The smallest absolute Gasteiger partial charge is 0.277 e. The normalized spacial score (nSPS) is 10.2. The second-order valence-electron chi connectivity index (χ2n) is 3.73. The molecule has 0 spiro atoms. The minimum absolute atomic E-state index is 0.131. The van der Waals surface area contributed by atoms with Gasteiger partial charge in [0.05, 0.1) is 17.8 Å². The minimum atomic E-state index is -0.345. The molecule has 0 saturated heterocycles. The molecule has 5 nitrogen and oxygen atoms in total. The Kier molecular flexibility index (Phi) is 4.87. The molecule has 100 valence electrons. The number of hydrogen-bond donors (Lipinski definition) is 1. The molecule has 0 aliphatic rings. The van der Waals surface area contributed by atoms with Crippen LogP contribution in [0.15, 0.2) is 46.9 Å². The molecule has 0 atom stereocenters. The number of thiophene rings is 1. The van der Waals surface area contributed by atoms with E-state index in [0.717, 1.165) is 4.88 Å². The fourth-order valence-electron chi connectivity index (χ4n) is 1.34. The fourth-order valence-corrected chi connectivity index (χ4v) is 1.92. The van der Waals surface area contributed by atoms with E-state index in [0.29, 0.717) is 11.3 Å². The zero-order chi connectivity index (χ0) is 14.2. The molecule has 2 rings (SSSR count). The quantitative estimate of drug-likeness (QED) is 0.675. The summed E-state index contributed by atoms with van der Waals surface area (Å²) in [5.41, 5.74) is 2.92. The second kappa shape index (κ2) is 7.07. The number of carbonyl (C=O) groups excluding carboxylic acids is 1. The topological polar surface area (TPSA) is 74.5 Å². The summed E-state index contributed by atoms with van der Waals surface area (Å²) in [6.07, 6.45) is 1.57. The lowest BCUT2D eigenvalue weighted by molar-refractivity contribution is -0.123. The van der Waals surface area contributed by atoms with Crippen LogP contribution in [-0.2, 0) is 4.79 Å². The van der Waals surface area contributed by atoms with Crippen LogP contribution in [0.3, 0.4) is 0 Å². The van der Waals surface area contributed by atoms with Crippen LogP contribution >= 0.6 is 11.3 Å². The molecule has 0 aliphatic carbocycles. The molecule has 1 N–H and O–H groups in total. The number of ether oxygens (including phenoxy) is 1. The third-order valence-electron chi connectivity index (χ3n) is 2.28. The van der Waals surface area contributed by atoms with Crippen molar-refractivity contribution in [2.45, 2.75) is 0 Å². The van der Waals surface area contributed by atoms with Crippen molar-refractivity contribution in [3.63, 3.8) is 0 Å². The highest BCUT2D eigenvalue weighted by Crippen LogP contribution is 2.11. The molecule has 0 fully saturated rings. The summed E-state index contributed by atoms with van der Waals surface area (Å²) < 4.78 is 5.26. The molecule has 0 bridgehead atoms. The van der Waals surface area contributed by atoms with Gasteiger partial charge in [-0.15, -0.1) is 11.3 Å². The first-order valence-corrected chi connectivity index (χ1v) is 6.64. The van der Waals surface area contributed by atoms with Crippen molar-refractivity contribution in [3.8, 4) is 11.8 Å². The fraction of sp³-hybridized carbons (Fsp3) is 0.0714. The predicted molar refractivity (Wildman–Crippen MR) is 76.7 cm³/mol. The highest BCUT2D eigenvalue weighted by atomic mass is 32.1. The minimum Gasteiger partial charge on any atom is -0.484 e. The van der Waals surface area contributed by atoms with E-state index in [1.807, 2.05) is 23.6 Å². The number of nitrogens with one attached hydrogen (secondary N) is 1. The molecular formula is C14H11N3O2S. The molecule has 6 heteroatoms. The number of nitrogens with zero attached hydrogens (tertiary/aromatic N) is 2. The van der Waals surface area contributed by atoms with E-state index < -0.39 is 0 Å². The summed E-state index contributed by atoms with van der Waals surface area (Å²) >= 11 is 1.53. The number of nitriles is 1. The van der Waals surface area contributed by atoms with Crippen molar-refractivity contribution in [2.24, 2.45) is 5.10 Å². The monoisotopic (exact) mass is 285 g/mol. The molecule has 1 heterocycles. The Morgan fingerprint density at radius 2 is 2.20 bits per heavy atom. The van der Waals surface area contributed by atoms with Crippen molar-refractivity contribution < 1.29 is 9.53 Å². The highest BCUT2D eigenvalue weighted by Gasteiger charge is 2.01. The van der Waals surface area contributed by atoms with Crippen LogP contribution in [0.4, 0.5) is 0 Å². The van der Waals surface area contributed by atoms with Crippen molar-refractivity contribution in [1.29, 1.82) is 5.26 Å². The van der Waals surface area contributed by atoms with E-state index in [9.17, 15) is 4.79 Å². The summed E-state index contributed by atoms with van der Waals surface area (Å²) in [6, 6.07) is 12.3. The Morgan fingerprint density at radius 1 is 1.40 bits per heavy atom. The molecule has 1 aromatic heterocycles. The number of hydrazone groups is 1. The Morgan fingerprint density at radius 3 is 2.85 bits per heavy atom. The van der Waals surface area contributed by atoms with Gasteiger partial charge in [-0.05, 0) is 35.7 Å². The Hall–Kier alpha value is -2.65. The number of rotatable bonds is 5. The molecule has 0 radical (unpaired) electrons. The number of benzene rings is 1. The van der Waals surface area contributed by atoms with Gasteiger partial charge in [-0.2, -0.15) is 10.4 Å². The molecule has 0 aliphatic heterocycles. The van der Waals surface area contributed by atoms with Crippen molar-refractivity contribution >= 4 is 23.5 Å². The van der Waals surface area contributed by atoms with Crippen molar-refractivity contribution in [3.05, 3.63) is 52.2 Å². The Balaban J connectivity index is 1.76.